The maximum atomic E-state index is 12.6. The second-order valence-corrected chi connectivity index (χ2v) is 6.41. The average molecular weight is 328 g/mol. The Labute approximate surface area is 140 Å². The number of hydrogen-bond donors (Lipinski definition) is 1. The first-order valence-corrected chi connectivity index (χ1v) is 8.35. The molecule has 2 fully saturated rings. The van der Waals surface area contributed by atoms with E-state index in [1.54, 1.807) is 6.07 Å². The van der Waals surface area contributed by atoms with Gasteiger partial charge in [-0.15, -0.1) is 0 Å². The highest BCUT2D eigenvalue weighted by atomic mass is 16.6. The summed E-state index contributed by atoms with van der Waals surface area (Å²) < 4.78 is 0. The van der Waals surface area contributed by atoms with Crippen LogP contribution in [0.25, 0.3) is 0 Å². The number of anilines is 1. The Hall–Kier alpha value is -2.62. The van der Waals surface area contributed by atoms with Gasteiger partial charge in [-0.25, -0.2) is 0 Å². The summed E-state index contributed by atoms with van der Waals surface area (Å²) in [5.41, 5.74) is 0.352. The van der Waals surface area contributed by atoms with Crippen LogP contribution in [0.5, 0.6) is 0 Å². The van der Waals surface area contributed by atoms with Crippen LogP contribution in [0.3, 0.4) is 0 Å². The first-order chi connectivity index (χ1) is 11.6. The van der Waals surface area contributed by atoms with Gasteiger partial charge in [-0.05, 0) is 31.4 Å². The van der Waals surface area contributed by atoms with Gasteiger partial charge in [0.25, 0.3) is 5.69 Å². The monoisotopic (exact) mass is 328 g/mol. The van der Waals surface area contributed by atoms with Crippen molar-refractivity contribution in [2.24, 2.45) is 0 Å². The van der Waals surface area contributed by atoms with Crippen molar-refractivity contribution >= 4 is 17.3 Å². The third-order valence-electron chi connectivity index (χ3n) is 4.91. The molecule has 24 heavy (non-hydrogen) atoms. The number of nitrogens with one attached hydrogen (secondary N) is 1. The molecule has 1 atom stereocenters. The molecule has 1 heterocycles. The molecule has 1 N–H and O–H groups in total. The molecule has 0 aromatic heterocycles. The van der Waals surface area contributed by atoms with E-state index >= 15 is 0 Å². The minimum Gasteiger partial charge on any atom is -0.374 e. The number of hydrogen-bond acceptors (Lipinski definition) is 5. The van der Waals surface area contributed by atoms with Crippen molar-refractivity contribution in [3.63, 3.8) is 0 Å². The van der Waals surface area contributed by atoms with Crippen LogP contribution in [0.4, 0.5) is 11.4 Å². The normalized spacial score (nSPS) is 21.5. The van der Waals surface area contributed by atoms with Gasteiger partial charge in [0.1, 0.15) is 17.7 Å². The Morgan fingerprint density at radius 3 is 2.67 bits per heavy atom. The molecule has 1 aliphatic heterocycles. The summed E-state index contributed by atoms with van der Waals surface area (Å²) in [6.07, 6.45) is 6.48. The zero-order valence-electron chi connectivity index (χ0n) is 13.4. The van der Waals surface area contributed by atoms with Crippen LogP contribution in [0.1, 0.15) is 44.1 Å². The van der Waals surface area contributed by atoms with E-state index in [-0.39, 0.29) is 23.2 Å². The summed E-state index contributed by atoms with van der Waals surface area (Å²) in [5, 5.41) is 23.1. The lowest BCUT2D eigenvalue weighted by atomic mass is 9.94. The Bertz CT molecular complexity index is 692. The van der Waals surface area contributed by atoms with E-state index in [0.29, 0.717) is 18.2 Å². The fourth-order valence-corrected chi connectivity index (χ4v) is 3.67. The highest BCUT2D eigenvalue weighted by Gasteiger charge is 2.36. The number of carbonyl (C=O) groups is 1. The Balaban J connectivity index is 1.69. The van der Waals surface area contributed by atoms with Crippen molar-refractivity contribution in [2.75, 3.05) is 11.9 Å². The van der Waals surface area contributed by atoms with Crippen molar-refractivity contribution < 1.29 is 9.72 Å². The van der Waals surface area contributed by atoms with Crippen LogP contribution in [-0.2, 0) is 4.79 Å². The standard InChI is InChI=1S/C17H20N4O3/c18-11-12-10-13(6-7-16(12)21(23)24)19-15-8-9-20(17(15)22)14-4-2-1-3-5-14/h6-7,10,14-15,19H,1-5,8-9H2/t15-/m0/s1. The van der Waals surface area contributed by atoms with Crippen LogP contribution in [0.2, 0.25) is 0 Å². The summed E-state index contributed by atoms with van der Waals surface area (Å²) in [6, 6.07) is 6.16. The van der Waals surface area contributed by atoms with E-state index in [4.69, 9.17) is 5.26 Å². The Morgan fingerprint density at radius 1 is 1.25 bits per heavy atom. The zero-order chi connectivity index (χ0) is 17.1. The van der Waals surface area contributed by atoms with Crippen LogP contribution >= 0.6 is 0 Å². The SMILES string of the molecule is N#Cc1cc(N[C@H]2CCN(C3CCCCC3)C2=O)ccc1[N+](=O)[O-]. The first kappa shape index (κ1) is 16.2. The molecule has 126 valence electrons. The van der Waals surface area contributed by atoms with E-state index in [1.807, 2.05) is 11.0 Å². The van der Waals surface area contributed by atoms with Crippen LogP contribution in [0, 0.1) is 21.4 Å². The molecule has 1 aromatic carbocycles. The zero-order valence-corrected chi connectivity index (χ0v) is 13.4. The van der Waals surface area contributed by atoms with E-state index in [1.165, 1.54) is 31.4 Å². The quantitative estimate of drug-likeness (QED) is 0.677. The molecule has 3 rings (SSSR count). The van der Waals surface area contributed by atoms with E-state index in [0.717, 1.165) is 19.4 Å². The lowest BCUT2D eigenvalue weighted by molar-refractivity contribution is -0.385. The molecule has 1 amide bonds. The van der Waals surface area contributed by atoms with Crippen LogP contribution in [0.15, 0.2) is 18.2 Å². The minimum absolute atomic E-state index is 0.000387. The third kappa shape index (κ3) is 3.18. The molecule has 1 saturated carbocycles. The average Bonchev–Trinajstić information content (AvgIpc) is 2.96. The Morgan fingerprint density at radius 2 is 2.00 bits per heavy atom. The summed E-state index contributed by atoms with van der Waals surface area (Å²) in [4.78, 5) is 24.9. The number of nitrogens with zero attached hydrogens (tertiary/aromatic N) is 3. The van der Waals surface area contributed by atoms with Crippen molar-refractivity contribution in [3.05, 3.63) is 33.9 Å². The van der Waals surface area contributed by atoms with Crippen molar-refractivity contribution in [1.29, 1.82) is 5.26 Å². The number of rotatable bonds is 4. The summed E-state index contributed by atoms with van der Waals surface area (Å²) >= 11 is 0. The molecule has 2 aliphatic rings. The number of benzene rings is 1. The van der Waals surface area contributed by atoms with Crippen molar-refractivity contribution in [3.8, 4) is 6.07 Å². The number of carbonyl (C=O) groups excluding carboxylic acids is 1. The molecular weight excluding hydrogens is 308 g/mol. The minimum atomic E-state index is -0.576. The largest absolute Gasteiger partial charge is 0.374 e. The first-order valence-electron chi connectivity index (χ1n) is 8.35. The molecule has 7 nitrogen and oxygen atoms in total. The van der Waals surface area contributed by atoms with Crippen LogP contribution < -0.4 is 5.32 Å². The molecule has 1 aliphatic carbocycles. The lowest BCUT2D eigenvalue weighted by Crippen LogP contribution is -2.41. The Kier molecular flexibility index (Phi) is 4.65. The maximum Gasteiger partial charge on any atom is 0.287 e. The molecule has 1 aromatic rings. The predicted octanol–water partition coefficient (Wildman–Crippen LogP) is 2.81. The van der Waals surface area contributed by atoms with E-state index < -0.39 is 4.92 Å². The molecule has 0 radical (unpaired) electrons. The van der Waals surface area contributed by atoms with Gasteiger partial charge in [-0.1, -0.05) is 19.3 Å². The number of nitro groups is 1. The van der Waals surface area contributed by atoms with Crippen molar-refractivity contribution in [2.45, 2.75) is 50.6 Å². The highest BCUT2D eigenvalue weighted by Crippen LogP contribution is 2.28. The molecule has 7 heteroatoms. The van der Waals surface area contributed by atoms with Gasteiger partial charge in [0.15, 0.2) is 0 Å². The third-order valence-corrected chi connectivity index (χ3v) is 4.91. The van der Waals surface area contributed by atoms with Gasteiger partial charge < -0.3 is 10.2 Å². The van der Waals surface area contributed by atoms with Gasteiger partial charge in [0.2, 0.25) is 5.91 Å². The van der Waals surface area contributed by atoms with E-state index in [2.05, 4.69) is 5.32 Å². The maximum absolute atomic E-state index is 12.6. The molecule has 1 saturated heterocycles. The fraction of sp³-hybridized carbons (Fsp3) is 0.529. The summed E-state index contributed by atoms with van der Waals surface area (Å²) in [5.74, 6) is 0.0961. The second-order valence-electron chi connectivity index (χ2n) is 6.41. The smallest absolute Gasteiger partial charge is 0.287 e. The topological polar surface area (TPSA) is 99.3 Å². The summed E-state index contributed by atoms with van der Waals surface area (Å²) in [6.45, 7) is 0.749. The van der Waals surface area contributed by atoms with E-state index in [9.17, 15) is 14.9 Å². The van der Waals surface area contributed by atoms with Gasteiger partial charge in [-0.3, -0.25) is 14.9 Å². The van der Waals surface area contributed by atoms with Gasteiger partial charge >= 0.3 is 0 Å². The number of amides is 1. The molecule has 0 unspecified atom stereocenters. The summed E-state index contributed by atoms with van der Waals surface area (Å²) in [7, 11) is 0. The molecule has 0 spiro atoms. The predicted molar refractivity (Wildman–Crippen MR) is 88.4 cm³/mol. The van der Waals surface area contributed by atoms with Gasteiger partial charge in [0.05, 0.1) is 4.92 Å². The van der Waals surface area contributed by atoms with Gasteiger partial charge in [0, 0.05) is 24.3 Å². The molecular formula is C17H20N4O3. The van der Waals surface area contributed by atoms with Gasteiger partial charge in [-0.2, -0.15) is 5.26 Å². The number of nitriles is 1. The number of nitro benzene ring substituents is 1. The second kappa shape index (κ2) is 6.87. The highest BCUT2D eigenvalue weighted by molar-refractivity contribution is 5.87. The van der Waals surface area contributed by atoms with Crippen LogP contribution in [-0.4, -0.2) is 34.4 Å². The number of likely N-dealkylation sites (tertiary alicyclic amines) is 1. The van der Waals surface area contributed by atoms with Crippen molar-refractivity contribution in [1.82, 2.24) is 4.90 Å². The fourth-order valence-electron chi connectivity index (χ4n) is 3.67. The molecule has 0 bridgehead atoms. The lowest BCUT2D eigenvalue weighted by Gasteiger charge is -2.31.